The summed E-state index contributed by atoms with van der Waals surface area (Å²) in [7, 11) is 0. The van der Waals surface area contributed by atoms with E-state index >= 15 is 0 Å². The van der Waals surface area contributed by atoms with Crippen LogP contribution in [0.15, 0.2) is 35.6 Å². The lowest BCUT2D eigenvalue weighted by atomic mass is 10.2. The van der Waals surface area contributed by atoms with E-state index in [2.05, 4.69) is 32.9 Å². The molecule has 0 unspecified atom stereocenters. The Hall–Kier alpha value is -1.49. The maximum absolute atomic E-state index is 8.45. The van der Waals surface area contributed by atoms with Gasteiger partial charge in [0.05, 0.1) is 19.1 Å². The number of nitrogens with zero attached hydrogens (tertiary/aromatic N) is 1. The first-order valence-corrected chi connectivity index (χ1v) is 6.26. The molecule has 0 aromatic rings. The van der Waals surface area contributed by atoms with E-state index in [1.54, 1.807) is 0 Å². The highest BCUT2D eigenvalue weighted by Crippen LogP contribution is 2.07. The minimum atomic E-state index is 0.430. The van der Waals surface area contributed by atoms with Crippen molar-refractivity contribution in [3.63, 3.8) is 0 Å². The van der Waals surface area contributed by atoms with Crippen molar-refractivity contribution in [2.75, 3.05) is 6.61 Å². The first-order chi connectivity index (χ1) is 8.24. The lowest BCUT2D eigenvalue weighted by molar-refractivity contribution is 0.227. The quantitative estimate of drug-likeness (QED) is 0.351. The summed E-state index contributed by atoms with van der Waals surface area (Å²) in [5, 5.41) is 8.45. The van der Waals surface area contributed by atoms with Crippen LogP contribution in [0.2, 0.25) is 0 Å². The summed E-state index contributed by atoms with van der Waals surface area (Å²) >= 11 is 0. The smallest absolute Gasteiger partial charge is 0.115 e. The molecule has 0 aliphatic carbocycles. The molecule has 94 valence electrons. The molecule has 0 saturated heterocycles. The van der Waals surface area contributed by atoms with E-state index in [0.29, 0.717) is 13.0 Å². The van der Waals surface area contributed by atoms with Crippen LogP contribution in [0, 0.1) is 11.3 Å². The summed E-state index contributed by atoms with van der Waals surface area (Å²) in [6.07, 6.45) is 11.4. The van der Waals surface area contributed by atoms with Crippen LogP contribution in [0.5, 0.6) is 0 Å². The van der Waals surface area contributed by atoms with Gasteiger partial charge in [-0.3, -0.25) is 0 Å². The monoisotopic (exact) mass is 233 g/mol. The van der Waals surface area contributed by atoms with Gasteiger partial charge in [0.25, 0.3) is 0 Å². The molecule has 0 heterocycles. The van der Waals surface area contributed by atoms with Gasteiger partial charge in [0, 0.05) is 6.42 Å². The largest absolute Gasteiger partial charge is 0.494 e. The van der Waals surface area contributed by atoms with Crippen molar-refractivity contribution >= 4 is 0 Å². The molecule has 0 aromatic carbocycles. The first kappa shape index (κ1) is 15.5. The van der Waals surface area contributed by atoms with Crippen LogP contribution < -0.4 is 0 Å². The third-order valence-corrected chi connectivity index (χ3v) is 2.21. The third-order valence-electron chi connectivity index (χ3n) is 2.21. The molecule has 0 rings (SSSR count). The molecule has 0 aliphatic rings. The summed E-state index contributed by atoms with van der Waals surface area (Å²) in [5.74, 6) is 0.868. The number of rotatable bonds is 8. The topological polar surface area (TPSA) is 33.0 Å². The number of nitriles is 1. The Morgan fingerprint density at radius 3 is 2.53 bits per heavy atom. The van der Waals surface area contributed by atoms with E-state index < -0.39 is 0 Å². The molecule has 17 heavy (non-hydrogen) atoms. The standard InChI is InChI=1S/C15H23NO/c1-4-8-14(3)11-13-17-15(9-5-2)10-6-7-12-16/h6,8-10H,4-5,7,11,13H2,1-3H3/b10-6-,14-8+,15-9+. The fourth-order valence-electron chi connectivity index (χ4n) is 1.38. The highest BCUT2D eigenvalue weighted by molar-refractivity contribution is 5.13. The number of allylic oxidation sites excluding steroid dienone is 4. The first-order valence-electron chi connectivity index (χ1n) is 6.26. The average Bonchev–Trinajstić information content (AvgIpc) is 2.29. The molecular weight excluding hydrogens is 210 g/mol. The zero-order valence-corrected chi connectivity index (χ0v) is 11.2. The second-order valence-corrected chi connectivity index (χ2v) is 3.84. The van der Waals surface area contributed by atoms with Crippen molar-refractivity contribution in [1.29, 1.82) is 5.26 Å². The summed E-state index contributed by atoms with van der Waals surface area (Å²) < 4.78 is 5.67. The lowest BCUT2D eigenvalue weighted by Crippen LogP contribution is -1.94. The van der Waals surface area contributed by atoms with Gasteiger partial charge in [0.2, 0.25) is 0 Å². The SMILES string of the molecule is CC/C=C(\C)CCOC(/C=C\CC#N)=C/CC. The molecule has 0 atom stereocenters. The molecule has 0 aromatic heterocycles. The predicted octanol–water partition coefficient (Wildman–Crippen LogP) is 4.51. The number of ether oxygens (including phenoxy) is 1. The Kier molecular flexibility index (Phi) is 10.0. The van der Waals surface area contributed by atoms with E-state index in [9.17, 15) is 0 Å². The Morgan fingerprint density at radius 1 is 1.24 bits per heavy atom. The highest BCUT2D eigenvalue weighted by Gasteiger charge is 1.94. The van der Waals surface area contributed by atoms with Crippen LogP contribution in [0.4, 0.5) is 0 Å². The zero-order chi connectivity index (χ0) is 12.9. The van der Waals surface area contributed by atoms with Crippen LogP contribution in [0.25, 0.3) is 0 Å². The van der Waals surface area contributed by atoms with Gasteiger partial charge in [0.1, 0.15) is 5.76 Å². The molecule has 0 fully saturated rings. The maximum atomic E-state index is 8.45. The molecular formula is C15H23NO. The van der Waals surface area contributed by atoms with E-state index in [0.717, 1.165) is 25.0 Å². The van der Waals surface area contributed by atoms with Gasteiger partial charge in [-0.25, -0.2) is 0 Å². The summed E-state index contributed by atoms with van der Waals surface area (Å²) in [6.45, 7) is 7.04. The van der Waals surface area contributed by atoms with Crippen molar-refractivity contribution in [3.8, 4) is 6.07 Å². The summed E-state index contributed by atoms with van der Waals surface area (Å²) in [4.78, 5) is 0. The van der Waals surface area contributed by atoms with Gasteiger partial charge in [-0.15, -0.1) is 0 Å². The van der Waals surface area contributed by atoms with Gasteiger partial charge >= 0.3 is 0 Å². The van der Waals surface area contributed by atoms with Crippen molar-refractivity contribution < 1.29 is 4.74 Å². The summed E-state index contributed by atoms with van der Waals surface area (Å²) in [5.41, 5.74) is 1.37. The normalized spacial score (nSPS) is 12.8. The molecule has 2 nitrogen and oxygen atoms in total. The Bertz CT molecular complexity index is 318. The molecule has 0 bridgehead atoms. The van der Waals surface area contributed by atoms with E-state index in [4.69, 9.17) is 10.00 Å². The Balaban J connectivity index is 4.07. The average molecular weight is 233 g/mol. The molecule has 0 radical (unpaired) electrons. The van der Waals surface area contributed by atoms with Gasteiger partial charge in [-0.1, -0.05) is 31.6 Å². The fourth-order valence-corrected chi connectivity index (χ4v) is 1.38. The van der Waals surface area contributed by atoms with Crippen molar-refractivity contribution in [3.05, 3.63) is 35.6 Å². The van der Waals surface area contributed by atoms with Crippen LogP contribution in [0.3, 0.4) is 0 Å². The van der Waals surface area contributed by atoms with Gasteiger partial charge < -0.3 is 4.74 Å². The van der Waals surface area contributed by atoms with Crippen molar-refractivity contribution in [2.24, 2.45) is 0 Å². The zero-order valence-electron chi connectivity index (χ0n) is 11.2. The second-order valence-electron chi connectivity index (χ2n) is 3.84. The maximum Gasteiger partial charge on any atom is 0.115 e. The summed E-state index contributed by atoms with van der Waals surface area (Å²) in [6, 6.07) is 2.08. The van der Waals surface area contributed by atoms with Gasteiger partial charge in [0.15, 0.2) is 0 Å². The molecule has 0 N–H and O–H groups in total. The Morgan fingerprint density at radius 2 is 1.94 bits per heavy atom. The van der Waals surface area contributed by atoms with Crippen LogP contribution in [-0.2, 0) is 4.74 Å². The second kappa shape index (κ2) is 11.0. The minimum absolute atomic E-state index is 0.430. The van der Waals surface area contributed by atoms with Gasteiger partial charge in [-0.2, -0.15) is 5.26 Å². The molecule has 0 aliphatic heterocycles. The highest BCUT2D eigenvalue weighted by atomic mass is 16.5. The molecule has 2 heteroatoms. The Labute approximate surface area is 105 Å². The number of hydrogen-bond acceptors (Lipinski definition) is 2. The van der Waals surface area contributed by atoms with Crippen LogP contribution >= 0.6 is 0 Å². The molecule has 0 spiro atoms. The minimum Gasteiger partial charge on any atom is -0.494 e. The van der Waals surface area contributed by atoms with Crippen LogP contribution in [0.1, 0.15) is 46.5 Å². The molecule has 0 amide bonds. The van der Waals surface area contributed by atoms with Crippen molar-refractivity contribution in [2.45, 2.75) is 46.5 Å². The van der Waals surface area contributed by atoms with E-state index in [1.165, 1.54) is 5.57 Å². The van der Waals surface area contributed by atoms with Crippen LogP contribution in [-0.4, -0.2) is 6.61 Å². The molecule has 0 saturated carbocycles. The van der Waals surface area contributed by atoms with Crippen molar-refractivity contribution in [1.82, 2.24) is 0 Å². The van der Waals surface area contributed by atoms with E-state index in [1.807, 2.05) is 18.2 Å². The van der Waals surface area contributed by atoms with Gasteiger partial charge in [-0.05, 0) is 31.9 Å². The predicted molar refractivity (Wildman–Crippen MR) is 72.4 cm³/mol. The number of hydrogen-bond donors (Lipinski definition) is 0. The third kappa shape index (κ3) is 9.44. The van der Waals surface area contributed by atoms with E-state index in [-0.39, 0.29) is 0 Å². The fraction of sp³-hybridized carbons (Fsp3) is 0.533. The lowest BCUT2D eigenvalue weighted by Gasteiger charge is -2.07.